The van der Waals surface area contributed by atoms with Crippen molar-refractivity contribution in [3.05, 3.63) is 24.0 Å². The van der Waals surface area contributed by atoms with Crippen molar-refractivity contribution in [3.63, 3.8) is 0 Å². The van der Waals surface area contributed by atoms with Gasteiger partial charge in [0.25, 0.3) is 5.91 Å². The minimum Gasteiger partial charge on any atom is -0.480 e. The van der Waals surface area contributed by atoms with E-state index in [1.807, 2.05) is 6.07 Å². The van der Waals surface area contributed by atoms with Crippen LogP contribution >= 0.6 is 0 Å². The maximum Gasteiger partial charge on any atom is 0.322 e. The van der Waals surface area contributed by atoms with Crippen molar-refractivity contribution in [1.82, 2.24) is 10.3 Å². The molecule has 0 spiro atoms. The first-order chi connectivity index (χ1) is 8.66. The number of aliphatic carboxylic acids is 1. The van der Waals surface area contributed by atoms with Crippen molar-refractivity contribution in [2.75, 3.05) is 24.5 Å². The lowest BCUT2D eigenvalue weighted by Gasteiger charge is -2.17. The van der Waals surface area contributed by atoms with Gasteiger partial charge in [-0.1, -0.05) is 0 Å². The van der Waals surface area contributed by atoms with Crippen LogP contribution in [-0.2, 0) is 4.79 Å². The number of aromatic nitrogens is 1. The van der Waals surface area contributed by atoms with Crippen molar-refractivity contribution in [2.45, 2.75) is 12.8 Å². The number of rotatable bonds is 4. The molecule has 0 aromatic carbocycles. The van der Waals surface area contributed by atoms with Gasteiger partial charge in [-0.15, -0.1) is 0 Å². The quantitative estimate of drug-likeness (QED) is 0.811. The highest BCUT2D eigenvalue weighted by Gasteiger charge is 2.15. The zero-order valence-corrected chi connectivity index (χ0v) is 9.93. The molecule has 1 aliphatic heterocycles. The maximum atomic E-state index is 11.7. The van der Waals surface area contributed by atoms with E-state index < -0.39 is 18.4 Å². The first kappa shape index (κ1) is 12.3. The summed E-state index contributed by atoms with van der Waals surface area (Å²) in [5.41, 5.74) is 1.21. The van der Waals surface area contributed by atoms with Gasteiger partial charge in [0.2, 0.25) is 0 Å². The summed E-state index contributed by atoms with van der Waals surface area (Å²) >= 11 is 0. The van der Waals surface area contributed by atoms with Gasteiger partial charge in [0, 0.05) is 25.0 Å². The predicted molar refractivity (Wildman–Crippen MR) is 65.7 cm³/mol. The molecule has 1 aliphatic rings. The number of nitrogens with zero attached hydrogens (tertiary/aromatic N) is 2. The van der Waals surface area contributed by atoms with Crippen LogP contribution in [0.4, 0.5) is 5.69 Å². The van der Waals surface area contributed by atoms with Crippen LogP contribution in [0.1, 0.15) is 23.3 Å². The van der Waals surface area contributed by atoms with Gasteiger partial charge in [-0.25, -0.2) is 0 Å². The van der Waals surface area contributed by atoms with Gasteiger partial charge < -0.3 is 15.3 Å². The molecule has 1 aromatic rings. The monoisotopic (exact) mass is 249 g/mol. The summed E-state index contributed by atoms with van der Waals surface area (Å²) in [5.74, 6) is -1.53. The summed E-state index contributed by atoms with van der Waals surface area (Å²) < 4.78 is 0. The van der Waals surface area contributed by atoms with Crippen LogP contribution in [0.5, 0.6) is 0 Å². The van der Waals surface area contributed by atoms with Crippen LogP contribution in [-0.4, -0.2) is 41.6 Å². The van der Waals surface area contributed by atoms with Crippen LogP contribution in [0.25, 0.3) is 0 Å². The Morgan fingerprint density at radius 1 is 1.39 bits per heavy atom. The van der Waals surface area contributed by atoms with Crippen molar-refractivity contribution in [3.8, 4) is 0 Å². The Morgan fingerprint density at radius 2 is 2.11 bits per heavy atom. The Kier molecular flexibility index (Phi) is 3.76. The van der Waals surface area contributed by atoms with Crippen LogP contribution in [0.3, 0.4) is 0 Å². The molecule has 0 saturated carbocycles. The number of carboxylic acids is 1. The molecule has 6 nitrogen and oxygen atoms in total. The molecular formula is C12H15N3O3. The highest BCUT2D eigenvalue weighted by Crippen LogP contribution is 2.19. The van der Waals surface area contributed by atoms with Gasteiger partial charge >= 0.3 is 5.97 Å². The second-order valence-corrected chi connectivity index (χ2v) is 4.17. The average Bonchev–Trinajstić information content (AvgIpc) is 2.90. The standard InChI is InChI=1S/C12H15N3O3/c16-11(17)8-14-12(18)10-7-9(3-4-13-10)15-5-1-2-6-15/h3-4,7H,1-2,5-6,8H2,(H,14,18)(H,16,17). The van der Waals surface area contributed by atoms with E-state index in [-0.39, 0.29) is 5.69 Å². The van der Waals surface area contributed by atoms with Crippen LogP contribution < -0.4 is 10.2 Å². The normalized spacial score (nSPS) is 14.6. The fourth-order valence-corrected chi connectivity index (χ4v) is 1.96. The van der Waals surface area contributed by atoms with Crippen molar-refractivity contribution >= 4 is 17.6 Å². The van der Waals surface area contributed by atoms with E-state index in [2.05, 4.69) is 15.2 Å². The first-order valence-corrected chi connectivity index (χ1v) is 5.88. The molecule has 6 heteroatoms. The third kappa shape index (κ3) is 2.97. The fourth-order valence-electron chi connectivity index (χ4n) is 1.96. The number of amides is 1. The number of carbonyl (C=O) groups is 2. The molecule has 18 heavy (non-hydrogen) atoms. The molecule has 0 radical (unpaired) electrons. The molecule has 0 atom stereocenters. The van der Waals surface area contributed by atoms with E-state index in [4.69, 9.17) is 5.11 Å². The third-order valence-electron chi connectivity index (χ3n) is 2.85. The van der Waals surface area contributed by atoms with E-state index in [0.29, 0.717) is 0 Å². The Hall–Kier alpha value is -2.11. The molecule has 1 fully saturated rings. The van der Waals surface area contributed by atoms with Gasteiger partial charge in [0.1, 0.15) is 12.2 Å². The van der Waals surface area contributed by atoms with Gasteiger partial charge in [-0.05, 0) is 25.0 Å². The number of hydrogen-bond acceptors (Lipinski definition) is 4. The van der Waals surface area contributed by atoms with Crippen molar-refractivity contribution < 1.29 is 14.7 Å². The molecule has 0 aliphatic carbocycles. The Morgan fingerprint density at radius 3 is 2.78 bits per heavy atom. The van der Waals surface area contributed by atoms with Crippen LogP contribution in [0.15, 0.2) is 18.3 Å². The first-order valence-electron chi connectivity index (χ1n) is 5.88. The summed E-state index contributed by atoms with van der Waals surface area (Å²) in [6.07, 6.45) is 3.88. The van der Waals surface area contributed by atoms with E-state index in [1.54, 1.807) is 12.3 Å². The number of pyridine rings is 1. The Bertz CT molecular complexity index is 456. The minimum absolute atomic E-state index is 0.251. The summed E-state index contributed by atoms with van der Waals surface area (Å²) in [5, 5.41) is 10.8. The van der Waals surface area contributed by atoms with Gasteiger partial charge in [0.15, 0.2) is 0 Å². The Labute approximate surface area is 105 Å². The van der Waals surface area contributed by atoms with Crippen molar-refractivity contribution in [2.24, 2.45) is 0 Å². The molecule has 96 valence electrons. The SMILES string of the molecule is O=C(O)CNC(=O)c1cc(N2CCCC2)ccn1. The zero-order valence-electron chi connectivity index (χ0n) is 9.93. The largest absolute Gasteiger partial charge is 0.480 e. The summed E-state index contributed by atoms with van der Waals surface area (Å²) in [4.78, 5) is 28.2. The smallest absolute Gasteiger partial charge is 0.322 e. The highest BCUT2D eigenvalue weighted by molar-refractivity contribution is 5.94. The van der Waals surface area contributed by atoms with E-state index in [9.17, 15) is 9.59 Å². The lowest BCUT2D eigenvalue weighted by molar-refractivity contribution is -0.135. The second-order valence-electron chi connectivity index (χ2n) is 4.17. The predicted octanol–water partition coefficient (Wildman–Crippen LogP) is 0.496. The lowest BCUT2D eigenvalue weighted by Crippen LogP contribution is -2.30. The van der Waals surface area contributed by atoms with Gasteiger partial charge in [0.05, 0.1) is 0 Å². The number of carbonyl (C=O) groups excluding carboxylic acids is 1. The molecule has 2 N–H and O–H groups in total. The number of nitrogens with one attached hydrogen (secondary N) is 1. The molecule has 2 heterocycles. The third-order valence-corrected chi connectivity index (χ3v) is 2.85. The number of hydrogen-bond donors (Lipinski definition) is 2. The van der Waals surface area contributed by atoms with E-state index in [0.717, 1.165) is 31.6 Å². The number of anilines is 1. The van der Waals surface area contributed by atoms with Gasteiger partial charge in [-0.2, -0.15) is 0 Å². The Balaban J connectivity index is 2.06. The zero-order chi connectivity index (χ0) is 13.0. The summed E-state index contributed by atoms with van der Waals surface area (Å²) in [7, 11) is 0. The average molecular weight is 249 g/mol. The molecule has 1 saturated heterocycles. The maximum absolute atomic E-state index is 11.7. The molecule has 0 bridgehead atoms. The highest BCUT2D eigenvalue weighted by atomic mass is 16.4. The summed E-state index contributed by atoms with van der Waals surface area (Å²) in [6, 6.07) is 3.56. The molecular weight excluding hydrogens is 234 g/mol. The molecule has 1 aromatic heterocycles. The lowest BCUT2D eigenvalue weighted by atomic mass is 10.3. The van der Waals surface area contributed by atoms with Gasteiger partial charge in [-0.3, -0.25) is 14.6 Å². The minimum atomic E-state index is -1.07. The van der Waals surface area contributed by atoms with Crippen molar-refractivity contribution in [1.29, 1.82) is 0 Å². The molecule has 0 unspecified atom stereocenters. The van der Waals surface area contributed by atoms with E-state index >= 15 is 0 Å². The topological polar surface area (TPSA) is 82.5 Å². The fraction of sp³-hybridized carbons (Fsp3) is 0.417. The second kappa shape index (κ2) is 5.48. The number of carboxylic acid groups (broad SMARTS) is 1. The molecule has 1 amide bonds. The summed E-state index contributed by atoms with van der Waals surface area (Å²) in [6.45, 7) is 1.58. The van der Waals surface area contributed by atoms with Crippen LogP contribution in [0.2, 0.25) is 0 Å². The molecule has 2 rings (SSSR count). The van der Waals surface area contributed by atoms with Crippen LogP contribution in [0, 0.1) is 0 Å². The van der Waals surface area contributed by atoms with E-state index in [1.165, 1.54) is 0 Å².